The van der Waals surface area contributed by atoms with Crippen LogP contribution < -0.4 is 0 Å². The molecule has 0 saturated heterocycles. The van der Waals surface area contributed by atoms with Crippen LogP contribution in [0.5, 0.6) is 0 Å². The van der Waals surface area contributed by atoms with E-state index in [0.29, 0.717) is 5.56 Å². The van der Waals surface area contributed by atoms with Gasteiger partial charge in [0.2, 0.25) is 0 Å². The summed E-state index contributed by atoms with van der Waals surface area (Å²) >= 11 is 3.40. The molecule has 3 aromatic rings. The van der Waals surface area contributed by atoms with Gasteiger partial charge in [-0.15, -0.1) is 0 Å². The molecule has 1 unspecified atom stereocenters. The van der Waals surface area contributed by atoms with E-state index in [2.05, 4.69) is 32.0 Å². The Bertz CT molecular complexity index is 873. The molecule has 0 saturated carbocycles. The highest BCUT2D eigenvalue weighted by Gasteiger charge is 2.25. The van der Waals surface area contributed by atoms with Crippen LogP contribution in [0.3, 0.4) is 0 Å². The number of benzene rings is 1. The van der Waals surface area contributed by atoms with Gasteiger partial charge < -0.3 is 9.72 Å². The third-order valence-electron chi connectivity index (χ3n) is 4.25. The third kappa shape index (κ3) is 2.77. The maximum Gasteiger partial charge on any atom is 0.338 e. The van der Waals surface area contributed by atoms with Crippen molar-refractivity contribution >= 4 is 32.9 Å². The molecule has 5 heteroatoms. The molecule has 1 aromatic carbocycles. The van der Waals surface area contributed by atoms with Crippen molar-refractivity contribution in [2.45, 2.75) is 25.4 Å². The molecule has 0 radical (unpaired) electrons. The maximum atomic E-state index is 12.2. The molecule has 2 heterocycles. The van der Waals surface area contributed by atoms with Gasteiger partial charge in [0.15, 0.2) is 0 Å². The number of hydrogen-bond acceptors (Lipinski definition) is 3. The smallest absolute Gasteiger partial charge is 0.338 e. The number of fused-ring (bicyclic) bond motifs is 3. The molecule has 4 rings (SSSR count). The van der Waals surface area contributed by atoms with Gasteiger partial charge >= 0.3 is 5.97 Å². The summed E-state index contributed by atoms with van der Waals surface area (Å²) < 4.78 is 6.51. The van der Waals surface area contributed by atoms with Gasteiger partial charge in [0.05, 0.1) is 5.56 Å². The fourth-order valence-corrected chi connectivity index (χ4v) is 3.44. The van der Waals surface area contributed by atoms with Gasteiger partial charge in [0.25, 0.3) is 0 Å². The molecule has 2 aromatic heterocycles. The number of ether oxygens (including phenoxy) is 1. The number of aromatic nitrogens is 2. The molecule has 0 amide bonds. The summed E-state index contributed by atoms with van der Waals surface area (Å²) in [5, 5.41) is 1.11. The van der Waals surface area contributed by atoms with E-state index < -0.39 is 0 Å². The zero-order chi connectivity index (χ0) is 15.8. The average molecular weight is 371 g/mol. The normalized spacial score (nSPS) is 17.0. The van der Waals surface area contributed by atoms with Gasteiger partial charge in [-0.3, -0.25) is 0 Å². The van der Waals surface area contributed by atoms with Gasteiger partial charge in [-0.1, -0.05) is 18.2 Å². The minimum absolute atomic E-state index is 0.0853. The van der Waals surface area contributed by atoms with Crippen molar-refractivity contribution in [1.29, 1.82) is 0 Å². The zero-order valence-electron chi connectivity index (χ0n) is 12.4. The Morgan fingerprint density at radius 1 is 1.22 bits per heavy atom. The number of nitrogens with zero attached hydrogens (tertiary/aromatic N) is 1. The number of hydrogen-bond donors (Lipinski definition) is 1. The van der Waals surface area contributed by atoms with E-state index in [-0.39, 0.29) is 12.1 Å². The molecule has 0 fully saturated rings. The lowest BCUT2D eigenvalue weighted by Crippen LogP contribution is -2.25. The van der Waals surface area contributed by atoms with Crippen LogP contribution in [0.25, 0.3) is 11.0 Å². The van der Waals surface area contributed by atoms with Crippen LogP contribution in [0.15, 0.2) is 47.1 Å². The first-order valence-electron chi connectivity index (χ1n) is 7.63. The van der Waals surface area contributed by atoms with Crippen molar-refractivity contribution in [3.8, 4) is 0 Å². The summed E-state index contributed by atoms with van der Waals surface area (Å²) in [5.41, 5.74) is 3.91. The van der Waals surface area contributed by atoms with Crippen LogP contribution in [0.4, 0.5) is 0 Å². The van der Waals surface area contributed by atoms with Crippen molar-refractivity contribution in [2.75, 3.05) is 0 Å². The molecule has 23 heavy (non-hydrogen) atoms. The highest BCUT2D eigenvalue weighted by atomic mass is 79.9. The van der Waals surface area contributed by atoms with Crippen LogP contribution in [0, 0.1) is 0 Å². The molecule has 4 nitrogen and oxygen atoms in total. The average Bonchev–Trinajstić information content (AvgIpc) is 2.92. The number of carbonyl (C=O) groups is 1. The number of esters is 1. The number of pyridine rings is 1. The Hall–Kier alpha value is -2.14. The fourth-order valence-electron chi connectivity index (χ4n) is 3.13. The van der Waals surface area contributed by atoms with E-state index in [1.807, 2.05) is 24.3 Å². The predicted octanol–water partition coefficient (Wildman–Crippen LogP) is 4.04. The summed E-state index contributed by atoms with van der Waals surface area (Å²) in [5.74, 6) is -0.250. The fraction of sp³-hybridized carbons (Fsp3) is 0.222. The number of aromatic amines is 1. The highest BCUT2D eigenvalue weighted by Crippen LogP contribution is 2.30. The van der Waals surface area contributed by atoms with Crippen molar-refractivity contribution in [2.24, 2.45) is 0 Å². The lowest BCUT2D eigenvalue weighted by molar-refractivity contribution is 0.0271. The van der Waals surface area contributed by atoms with E-state index in [4.69, 9.17) is 4.74 Å². The summed E-state index contributed by atoms with van der Waals surface area (Å²) in [6.45, 7) is 0. The Morgan fingerprint density at radius 2 is 2.04 bits per heavy atom. The summed E-state index contributed by atoms with van der Waals surface area (Å²) in [7, 11) is 0. The molecule has 0 spiro atoms. The molecule has 116 valence electrons. The quantitative estimate of drug-likeness (QED) is 0.547. The first-order chi connectivity index (χ1) is 11.2. The number of aryl methyl sites for hydroxylation is 1. The molecule has 1 aliphatic carbocycles. The minimum atomic E-state index is -0.250. The molecule has 0 aliphatic heterocycles. The first-order valence-corrected chi connectivity index (χ1v) is 8.42. The van der Waals surface area contributed by atoms with E-state index in [1.54, 1.807) is 12.1 Å². The molecule has 0 bridgehead atoms. The molecular formula is C18H15BrN2O2. The SMILES string of the molecule is O=C(OC1CCc2[nH]c3nc(Br)ccc3c2C1)c1ccccc1. The van der Waals surface area contributed by atoms with Gasteiger partial charge in [0, 0.05) is 17.5 Å². The van der Waals surface area contributed by atoms with E-state index in [0.717, 1.165) is 34.9 Å². The predicted molar refractivity (Wildman–Crippen MR) is 91.5 cm³/mol. The highest BCUT2D eigenvalue weighted by molar-refractivity contribution is 9.10. The number of rotatable bonds is 2. The molecule has 1 atom stereocenters. The zero-order valence-corrected chi connectivity index (χ0v) is 14.0. The van der Waals surface area contributed by atoms with E-state index in [1.165, 1.54) is 11.3 Å². The Morgan fingerprint density at radius 3 is 2.87 bits per heavy atom. The largest absolute Gasteiger partial charge is 0.458 e. The third-order valence-corrected chi connectivity index (χ3v) is 4.69. The van der Waals surface area contributed by atoms with Crippen molar-refractivity contribution < 1.29 is 9.53 Å². The van der Waals surface area contributed by atoms with Crippen LogP contribution in [0.2, 0.25) is 0 Å². The maximum absolute atomic E-state index is 12.2. The first kappa shape index (κ1) is 14.5. The number of H-pyrrole nitrogens is 1. The second-order valence-corrected chi connectivity index (χ2v) is 6.56. The lowest BCUT2D eigenvalue weighted by atomic mass is 9.93. The van der Waals surface area contributed by atoms with Crippen LogP contribution in [0.1, 0.15) is 28.0 Å². The van der Waals surface area contributed by atoms with Gasteiger partial charge in [-0.25, -0.2) is 9.78 Å². The standard InChI is InChI=1S/C18H15BrN2O2/c19-16-9-7-13-14-10-12(6-8-15(14)20-17(13)21-16)23-18(22)11-4-2-1-3-5-11/h1-5,7,9,12H,6,8,10H2,(H,20,21). The number of halogens is 1. The topological polar surface area (TPSA) is 55.0 Å². The van der Waals surface area contributed by atoms with Gasteiger partial charge in [-0.2, -0.15) is 0 Å². The van der Waals surface area contributed by atoms with Crippen LogP contribution >= 0.6 is 15.9 Å². The van der Waals surface area contributed by atoms with Crippen LogP contribution in [-0.4, -0.2) is 22.0 Å². The Kier molecular flexibility index (Phi) is 3.65. The second-order valence-electron chi connectivity index (χ2n) is 5.75. The van der Waals surface area contributed by atoms with Crippen molar-refractivity contribution in [3.63, 3.8) is 0 Å². The second kappa shape index (κ2) is 5.81. The molecular weight excluding hydrogens is 356 g/mol. The summed E-state index contributed by atoms with van der Waals surface area (Å²) in [6, 6.07) is 13.1. The number of nitrogens with one attached hydrogen (secondary N) is 1. The number of carbonyl (C=O) groups excluding carboxylic acids is 1. The molecule has 1 aliphatic rings. The van der Waals surface area contributed by atoms with Gasteiger partial charge in [-0.05, 0) is 58.6 Å². The van der Waals surface area contributed by atoms with Crippen molar-refractivity contribution in [1.82, 2.24) is 9.97 Å². The van der Waals surface area contributed by atoms with Crippen molar-refractivity contribution in [3.05, 3.63) is 63.9 Å². The van der Waals surface area contributed by atoms with Gasteiger partial charge in [0.1, 0.15) is 16.4 Å². The van der Waals surface area contributed by atoms with E-state index in [9.17, 15) is 4.79 Å². The molecule has 1 N–H and O–H groups in total. The Balaban J connectivity index is 1.57. The van der Waals surface area contributed by atoms with E-state index >= 15 is 0 Å². The Labute approximate surface area is 142 Å². The summed E-state index contributed by atoms with van der Waals surface area (Å²) in [4.78, 5) is 20.1. The monoisotopic (exact) mass is 370 g/mol. The lowest BCUT2D eigenvalue weighted by Gasteiger charge is -2.22. The van der Waals surface area contributed by atoms with Crippen LogP contribution in [-0.2, 0) is 17.6 Å². The minimum Gasteiger partial charge on any atom is -0.458 e. The summed E-state index contributed by atoms with van der Waals surface area (Å²) in [6.07, 6.45) is 2.35.